The zero-order valence-electron chi connectivity index (χ0n) is 16.9. The van der Waals surface area contributed by atoms with Crippen LogP contribution in [0.5, 0.6) is 5.75 Å². The molecule has 0 heterocycles. The van der Waals surface area contributed by atoms with Gasteiger partial charge in [0.1, 0.15) is 5.75 Å². The average Bonchev–Trinajstić information content (AvgIpc) is 3.45. The van der Waals surface area contributed by atoms with Crippen molar-refractivity contribution in [1.29, 1.82) is 0 Å². The number of carbonyl (C=O) groups excluding carboxylic acids is 2. The van der Waals surface area contributed by atoms with Gasteiger partial charge in [0.05, 0.1) is 11.3 Å². The first-order valence-electron chi connectivity index (χ1n) is 9.72. The van der Waals surface area contributed by atoms with E-state index in [0.29, 0.717) is 17.0 Å². The molecule has 3 rings (SSSR count). The molecule has 2 amide bonds. The van der Waals surface area contributed by atoms with Gasteiger partial charge in [0.15, 0.2) is 6.10 Å². The van der Waals surface area contributed by atoms with E-state index in [1.165, 1.54) is 5.56 Å². The van der Waals surface area contributed by atoms with Crippen LogP contribution in [0.3, 0.4) is 0 Å². The Hall–Kier alpha value is -2.82. The van der Waals surface area contributed by atoms with Crippen molar-refractivity contribution >= 4 is 17.5 Å². The summed E-state index contributed by atoms with van der Waals surface area (Å²) in [5.74, 6) is 0.173. The smallest absolute Gasteiger partial charge is 0.265 e. The van der Waals surface area contributed by atoms with Crippen LogP contribution in [0.15, 0.2) is 48.5 Å². The van der Waals surface area contributed by atoms with E-state index in [1.807, 2.05) is 24.3 Å². The third kappa shape index (κ3) is 5.12. The van der Waals surface area contributed by atoms with Crippen molar-refractivity contribution < 1.29 is 14.3 Å². The number of hydrogen-bond acceptors (Lipinski definition) is 3. The van der Waals surface area contributed by atoms with Gasteiger partial charge in [0, 0.05) is 6.04 Å². The third-order valence-corrected chi connectivity index (χ3v) is 4.74. The topological polar surface area (TPSA) is 67.4 Å². The Morgan fingerprint density at radius 1 is 1.04 bits per heavy atom. The second kappa shape index (κ2) is 8.05. The van der Waals surface area contributed by atoms with Crippen molar-refractivity contribution in [3.63, 3.8) is 0 Å². The SMILES string of the molecule is CC(Oc1ccc(C(C)(C)C)cc1)C(=O)Nc1ccccc1C(=O)NC1CC1. The molecule has 2 aromatic carbocycles. The molecule has 0 saturated heterocycles. The van der Waals surface area contributed by atoms with Gasteiger partial charge in [-0.1, -0.05) is 45.0 Å². The van der Waals surface area contributed by atoms with E-state index >= 15 is 0 Å². The first-order valence-corrected chi connectivity index (χ1v) is 9.72. The van der Waals surface area contributed by atoms with Crippen LogP contribution in [0.25, 0.3) is 0 Å². The number of nitrogens with one attached hydrogen (secondary N) is 2. The number of amides is 2. The zero-order valence-corrected chi connectivity index (χ0v) is 16.9. The highest BCUT2D eigenvalue weighted by Gasteiger charge is 2.25. The minimum atomic E-state index is -0.694. The van der Waals surface area contributed by atoms with Crippen molar-refractivity contribution in [2.75, 3.05) is 5.32 Å². The molecule has 0 aromatic heterocycles. The molecule has 1 fully saturated rings. The molecule has 0 radical (unpaired) electrons. The minimum Gasteiger partial charge on any atom is -0.481 e. The van der Waals surface area contributed by atoms with Crippen LogP contribution < -0.4 is 15.4 Å². The van der Waals surface area contributed by atoms with E-state index in [4.69, 9.17) is 4.74 Å². The number of ether oxygens (including phenoxy) is 1. The Morgan fingerprint density at radius 2 is 1.68 bits per heavy atom. The standard InChI is InChI=1S/C23H28N2O3/c1-15(28-18-13-9-16(10-14-18)23(2,3)4)21(26)25-20-8-6-5-7-19(20)22(27)24-17-11-12-17/h5-10,13-15,17H,11-12H2,1-4H3,(H,24,27)(H,25,26). The fourth-order valence-corrected chi connectivity index (χ4v) is 2.81. The molecule has 28 heavy (non-hydrogen) atoms. The number of benzene rings is 2. The van der Waals surface area contributed by atoms with E-state index in [0.717, 1.165) is 12.8 Å². The van der Waals surface area contributed by atoms with E-state index in [2.05, 4.69) is 31.4 Å². The maximum atomic E-state index is 12.6. The molecule has 5 heteroatoms. The Morgan fingerprint density at radius 3 is 2.29 bits per heavy atom. The molecule has 1 unspecified atom stereocenters. The van der Waals surface area contributed by atoms with Gasteiger partial charge in [-0.25, -0.2) is 0 Å². The van der Waals surface area contributed by atoms with Gasteiger partial charge in [-0.05, 0) is 55.0 Å². The number of carbonyl (C=O) groups is 2. The first-order chi connectivity index (χ1) is 13.2. The second-order valence-corrected chi connectivity index (χ2v) is 8.32. The van der Waals surface area contributed by atoms with Gasteiger partial charge in [-0.3, -0.25) is 9.59 Å². The van der Waals surface area contributed by atoms with Crippen LogP contribution in [0.2, 0.25) is 0 Å². The molecular formula is C23H28N2O3. The highest BCUT2D eigenvalue weighted by molar-refractivity contribution is 6.04. The summed E-state index contributed by atoms with van der Waals surface area (Å²) in [5.41, 5.74) is 2.22. The lowest BCUT2D eigenvalue weighted by atomic mass is 9.87. The van der Waals surface area contributed by atoms with E-state index < -0.39 is 6.10 Å². The fraction of sp³-hybridized carbons (Fsp3) is 0.391. The molecular weight excluding hydrogens is 352 g/mol. The largest absolute Gasteiger partial charge is 0.481 e. The van der Waals surface area contributed by atoms with Crippen molar-refractivity contribution in [2.24, 2.45) is 0 Å². The molecule has 5 nitrogen and oxygen atoms in total. The lowest BCUT2D eigenvalue weighted by Gasteiger charge is -2.20. The number of anilines is 1. The van der Waals surface area contributed by atoms with Crippen molar-refractivity contribution in [3.8, 4) is 5.75 Å². The Kier molecular flexibility index (Phi) is 5.73. The van der Waals surface area contributed by atoms with Crippen LogP contribution in [0, 0.1) is 0 Å². The number of rotatable bonds is 6. The Bertz CT molecular complexity index is 849. The van der Waals surface area contributed by atoms with Gasteiger partial charge < -0.3 is 15.4 Å². The van der Waals surface area contributed by atoms with Crippen LogP contribution in [-0.4, -0.2) is 24.0 Å². The zero-order chi connectivity index (χ0) is 20.3. The Balaban J connectivity index is 1.63. The summed E-state index contributed by atoms with van der Waals surface area (Å²) in [6, 6.07) is 15.1. The molecule has 2 N–H and O–H groups in total. The van der Waals surface area contributed by atoms with Crippen LogP contribution in [-0.2, 0) is 10.2 Å². The maximum absolute atomic E-state index is 12.6. The predicted molar refractivity (Wildman–Crippen MR) is 111 cm³/mol. The van der Waals surface area contributed by atoms with Gasteiger partial charge in [0.2, 0.25) is 0 Å². The fourth-order valence-electron chi connectivity index (χ4n) is 2.81. The second-order valence-electron chi connectivity index (χ2n) is 8.32. The van der Waals surface area contributed by atoms with Crippen LogP contribution in [0.4, 0.5) is 5.69 Å². The van der Waals surface area contributed by atoms with E-state index in [-0.39, 0.29) is 23.3 Å². The van der Waals surface area contributed by atoms with Gasteiger partial charge in [0.25, 0.3) is 11.8 Å². The first kappa shape index (κ1) is 19.9. The number of para-hydroxylation sites is 1. The summed E-state index contributed by atoms with van der Waals surface area (Å²) in [4.78, 5) is 25.0. The Labute approximate surface area is 166 Å². The molecule has 0 bridgehead atoms. The molecule has 1 atom stereocenters. The van der Waals surface area contributed by atoms with Crippen LogP contribution >= 0.6 is 0 Å². The molecule has 1 aliphatic carbocycles. The molecule has 1 saturated carbocycles. The van der Waals surface area contributed by atoms with E-state index in [1.54, 1.807) is 31.2 Å². The quantitative estimate of drug-likeness (QED) is 0.786. The van der Waals surface area contributed by atoms with Gasteiger partial charge in [-0.15, -0.1) is 0 Å². The minimum absolute atomic E-state index is 0.0618. The predicted octanol–water partition coefficient (Wildman–Crippen LogP) is 4.28. The van der Waals surface area contributed by atoms with E-state index in [9.17, 15) is 9.59 Å². The molecule has 148 valence electrons. The lowest BCUT2D eigenvalue weighted by Crippen LogP contribution is -2.32. The third-order valence-electron chi connectivity index (χ3n) is 4.74. The monoisotopic (exact) mass is 380 g/mol. The lowest BCUT2D eigenvalue weighted by molar-refractivity contribution is -0.122. The summed E-state index contributed by atoms with van der Waals surface area (Å²) < 4.78 is 5.78. The average molecular weight is 380 g/mol. The highest BCUT2D eigenvalue weighted by atomic mass is 16.5. The molecule has 0 aliphatic heterocycles. The normalized spacial score (nSPS) is 14.9. The summed E-state index contributed by atoms with van der Waals surface area (Å²) >= 11 is 0. The van der Waals surface area contributed by atoms with Crippen molar-refractivity contribution in [2.45, 2.75) is 58.1 Å². The van der Waals surface area contributed by atoms with Gasteiger partial charge >= 0.3 is 0 Å². The highest BCUT2D eigenvalue weighted by Crippen LogP contribution is 2.25. The number of hydrogen-bond donors (Lipinski definition) is 2. The molecule has 1 aliphatic rings. The van der Waals surface area contributed by atoms with Crippen LogP contribution in [0.1, 0.15) is 56.5 Å². The summed E-state index contributed by atoms with van der Waals surface area (Å²) in [6.45, 7) is 8.14. The van der Waals surface area contributed by atoms with Crippen molar-refractivity contribution in [1.82, 2.24) is 5.32 Å². The summed E-state index contributed by atoms with van der Waals surface area (Å²) in [6.07, 6.45) is 1.33. The maximum Gasteiger partial charge on any atom is 0.265 e. The summed E-state index contributed by atoms with van der Waals surface area (Å²) in [7, 11) is 0. The molecule has 0 spiro atoms. The summed E-state index contributed by atoms with van der Waals surface area (Å²) in [5, 5.41) is 5.76. The molecule has 2 aromatic rings. The van der Waals surface area contributed by atoms with Crippen molar-refractivity contribution in [3.05, 3.63) is 59.7 Å². The van der Waals surface area contributed by atoms with Gasteiger partial charge in [-0.2, -0.15) is 0 Å².